The quantitative estimate of drug-likeness (QED) is 0.405. The molecule has 2 aromatic carbocycles. The Morgan fingerprint density at radius 2 is 1.48 bits per heavy atom. The second-order valence-electron chi connectivity index (χ2n) is 3.70. The summed E-state index contributed by atoms with van der Waals surface area (Å²) in [5.41, 5.74) is 0. The molecule has 0 aromatic heterocycles. The first kappa shape index (κ1) is 22.6. The molecule has 2 rings (SSSR count). The maximum atomic E-state index is 11.0. The first-order valence-electron chi connectivity index (χ1n) is 4.78. The SMILES string of the molecule is O=S(=O)([O-])c1cc(O)c2c(S(=O)(=O)[O-])cccc2c1.[K+].[K+]. The molecule has 0 amide bonds. The predicted octanol–water partition coefficient (Wildman–Crippen LogP) is -5.64. The van der Waals surface area contributed by atoms with Gasteiger partial charge in [0.2, 0.25) is 0 Å². The van der Waals surface area contributed by atoms with Crippen molar-refractivity contribution in [3.05, 3.63) is 30.3 Å². The Morgan fingerprint density at radius 3 is 1.95 bits per heavy atom. The van der Waals surface area contributed by atoms with Crippen LogP contribution in [0.4, 0.5) is 0 Å². The van der Waals surface area contributed by atoms with Crippen molar-refractivity contribution in [3.63, 3.8) is 0 Å². The van der Waals surface area contributed by atoms with E-state index in [1.54, 1.807) is 0 Å². The third-order valence-electron chi connectivity index (χ3n) is 2.45. The van der Waals surface area contributed by atoms with Gasteiger partial charge >= 0.3 is 103 Å². The topological polar surface area (TPSA) is 135 Å². The Labute approximate surface area is 206 Å². The minimum Gasteiger partial charge on any atom is -0.744 e. The first-order valence-corrected chi connectivity index (χ1v) is 7.60. The largest absolute Gasteiger partial charge is 1.00 e. The molecule has 0 bridgehead atoms. The summed E-state index contributed by atoms with van der Waals surface area (Å²) in [6, 6.07) is 4.97. The van der Waals surface area contributed by atoms with E-state index < -0.39 is 35.8 Å². The molecule has 1 N–H and O–H groups in total. The fraction of sp³-hybridized carbons (Fsp3) is 0. The van der Waals surface area contributed by atoms with E-state index in [1.165, 1.54) is 12.1 Å². The minimum atomic E-state index is -4.84. The van der Waals surface area contributed by atoms with Crippen molar-refractivity contribution >= 4 is 31.0 Å². The van der Waals surface area contributed by atoms with Gasteiger partial charge in [-0.05, 0) is 23.6 Å². The average Bonchev–Trinajstić information content (AvgIpc) is 2.25. The van der Waals surface area contributed by atoms with Crippen LogP contribution in [-0.2, 0) is 20.2 Å². The van der Waals surface area contributed by atoms with E-state index in [0.717, 1.165) is 12.1 Å². The summed E-state index contributed by atoms with van der Waals surface area (Å²) in [6.07, 6.45) is 0. The Bertz CT molecular complexity index is 876. The fourth-order valence-electron chi connectivity index (χ4n) is 1.70. The van der Waals surface area contributed by atoms with Crippen LogP contribution < -0.4 is 103 Å². The summed E-state index contributed by atoms with van der Waals surface area (Å²) in [5.74, 6) is -0.762. The molecule has 0 heterocycles. The number of fused-ring (bicyclic) bond motifs is 1. The number of hydrogen-bond donors (Lipinski definition) is 1. The minimum absolute atomic E-state index is 0. The van der Waals surface area contributed by atoms with Gasteiger partial charge in [-0.3, -0.25) is 0 Å². The van der Waals surface area contributed by atoms with Gasteiger partial charge < -0.3 is 14.2 Å². The van der Waals surface area contributed by atoms with E-state index in [-0.39, 0.29) is 114 Å². The van der Waals surface area contributed by atoms with Crippen molar-refractivity contribution in [2.75, 3.05) is 0 Å². The molecule has 0 fully saturated rings. The van der Waals surface area contributed by atoms with E-state index >= 15 is 0 Å². The average molecular weight is 380 g/mol. The van der Waals surface area contributed by atoms with E-state index in [2.05, 4.69) is 0 Å². The summed E-state index contributed by atoms with van der Waals surface area (Å²) in [5, 5.41) is 9.30. The van der Waals surface area contributed by atoms with Gasteiger partial charge in [-0.2, -0.15) is 0 Å². The molecule has 0 spiro atoms. The number of rotatable bonds is 2. The Hall–Kier alpha value is 1.59. The normalized spacial score (nSPS) is 11.5. The molecular weight excluding hydrogens is 374 g/mol. The van der Waals surface area contributed by atoms with Crippen molar-refractivity contribution in [2.24, 2.45) is 0 Å². The van der Waals surface area contributed by atoms with Crippen LogP contribution in [0.2, 0.25) is 0 Å². The van der Waals surface area contributed by atoms with Gasteiger partial charge in [-0.25, -0.2) is 16.8 Å². The van der Waals surface area contributed by atoms with Crippen LogP contribution in [0, 0.1) is 0 Å². The number of phenolic OH excluding ortho intramolecular Hbond substituents is 1. The molecule has 0 aliphatic rings. The molecule has 0 aliphatic heterocycles. The van der Waals surface area contributed by atoms with E-state index in [0.29, 0.717) is 6.07 Å². The zero-order valence-electron chi connectivity index (χ0n) is 11.1. The van der Waals surface area contributed by atoms with Gasteiger partial charge in [0.1, 0.15) is 26.0 Å². The second kappa shape index (κ2) is 8.11. The van der Waals surface area contributed by atoms with Crippen molar-refractivity contribution in [1.29, 1.82) is 0 Å². The Kier molecular flexibility index (Phi) is 8.73. The van der Waals surface area contributed by atoms with Crippen LogP contribution in [-0.4, -0.2) is 31.0 Å². The molecule has 0 saturated carbocycles. The molecule has 0 radical (unpaired) electrons. The van der Waals surface area contributed by atoms with Gasteiger partial charge in [0.15, 0.2) is 0 Å². The molecule has 2 aromatic rings. The van der Waals surface area contributed by atoms with Gasteiger partial charge in [0.05, 0.1) is 9.79 Å². The van der Waals surface area contributed by atoms with Gasteiger partial charge in [-0.15, -0.1) is 0 Å². The van der Waals surface area contributed by atoms with Crippen molar-refractivity contribution in [1.82, 2.24) is 0 Å². The molecule has 11 heteroatoms. The summed E-state index contributed by atoms with van der Waals surface area (Å²) < 4.78 is 65.7. The van der Waals surface area contributed by atoms with Crippen LogP contribution in [0.3, 0.4) is 0 Å². The third-order valence-corrected chi connectivity index (χ3v) is 4.14. The number of benzene rings is 2. The molecule has 0 atom stereocenters. The van der Waals surface area contributed by atoms with Gasteiger partial charge in [-0.1, -0.05) is 12.1 Å². The van der Waals surface area contributed by atoms with E-state index in [9.17, 15) is 31.0 Å². The third kappa shape index (κ3) is 5.29. The zero-order valence-corrected chi connectivity index (χ0v) is 19.0. The van der Waals surface area contributed by atoms with Crippen LogP contribution >= 0.6 is 0 Å². The van der Waals surface area contributed by atoms with Crippen LogP contribution in [0.15, 0.2) is 40.1 Å². The van der Waals surface area contributed by atoms with Crippen molar-refractivity contribution < 1.29 is 134 Å². The second-order valence-corrected chi connectivity index (χ2v) is 6.43. The van der Waals surface area contributed by atoms with Crippen molar-refractivity contribution in [2.45, 2.75) is 9.79 Å². The molecule has 0 aliphatic carbocycles. The van der Waals surface area contributed by atoms with Crippen LogP contribution in [0.25, 0.3) is 10.8 Å². The van der Waals surface area contributed by atoms with Gasteiger partial charge in [0.25, 0.3) is 0 Å². The predicted molar refractivity (Wildman–Crippen MR) is 61.5 cm³/mol. The molecule has 7 nitrogen and oxygen atoms in total. The maximum absolute atomic E-state index is 11.0. The van der Waals surface area contributed by atoms with E-state index in [1.807, 2.05) is 0 Å². The molecular formula is C10H6K2O7S2. The van der Waals surface area contributed by atoms with Gasteiger partial charge in [0, 0.05) is 5.39 Å². The summed E-state index contributed by atoms with van der Waals surface area (Å²) in [6.45, 7) is 0. The van der Waals surface area contributed by atoms with Crippen LogP contribution in [0.1, 0.15) is 0 Å². The Morgan fingerprint density at radius 1 is 0.905 bits per heavy atom. The molecule has 0 unspecified atom stereocenters. The summed E-state index contributed by atoms with van der Waals surface area (Å²) in [4.78, 5) is -1.39. The molecule has 102 valence electrons. The number of aromatic hydroxyl groups is 1. The van der Waals surface area contributed by atoms with E-state index in [4.69, 9.17) is 0 Å². The number of phenols is 1. The monoisotopic (exact) mass is 380 g/mol. The maximum Gasteiger partial charge on any atom is 1.00 e. The molecule has 21 heavy (non-hydrogen) atoms. The summed E-state index contributed by atoms with van der Waals surface area (Å²) in [7, 11) is -9.64. The summed E-state index contributed by atoms with van der Waals surface area (Å²) >= 11 is 0. The number of hydrogen-bond acceptors (Lipinski definition) is 7. The zero-order chi connectivity index (χ0) is 14.4. The molecule has 0 saturated heterocycles. The van der Waals surface area contributed by atoms with Crippen molar-refractivity contribution in [3.8, 4) is 5.75 Å². The first-order chi connectivity index (χ1) is 8.60. The fourth-order valence-corrected chi connectivity index (χ4v) is 2.94. The Balaban J connectivity index is 0.00000200. The smallest absolute Gasteiger partial charge is 0.744 e. The van der Waals surface area contributed by atoms with Crippen LogP contribution in [0.5, 0.6) is 5.75 Å². The standard InChI is InChI=1S/C10H8O7S2.2K/c11-8-5-7(18(12,13)14)4-6-2-1-3-9(10(6)8)19(15,16)17;;/h1-5,11H,(H,12,13,14)(H,15,16,17);;/q;2*+1/p-2.